The number of nitrogens with zero attached hydrogens (tertiary/aromatic N) is 1. The van der Waals surface area contributed by atoms with Crippen LogP contribution in [0.25, 0.3) is 5.57 Å². The molecule has 0 spiro atoms. The van der Waals surface area contributed by atoms with Crippen LogP contribution in [0.4, 0.5) is 15.8 Å². The van der Waals surface area contributed by atoms with Crippen molar-refractivity contribution in [1.29, 1.82) is 0 Å². The fourth-order valence-corrected chi connectivity index (χ4v) is 3.64. The second kappa shape index (κ2) is 8.19. The Kier molecular flexibility index (Phi) is 5.42. The Hall–Kier alpha value is -3.73. The lowest BCUT2D eigenvalue weighted by Crippen LogP contribution is -2.32. The highest BCUT2D eigenvalue weighted by atomic mass is 19.1. The summed E-state index contributed by atoms with van der Waals surface area (Å²) in [4.78, 5) is 28.0. The minimum Gasteiger partial charge on any atom is -0.350 e. The second-order valence-electron chi connectivity index (χ2n) is 7.94. The lowest BCUT2D eigenvalue weighted by atomic mass is 10.0. The number of nitrogens with one attached hydrogen (secondary N) is 1. The van der Waals surface area contributed by atoms with Crippen molar-refractivity contribution in [2.45, 2.75) is 26.7 Å². The van der Waals surface area contributed by atoms with Crippen molar-refractivity contribution in [1.82, 2.24) is 0 Å². The Morgan fingerprint density at radius 1 is 0.871 bits per heavy atom. The standard InChI is InChI=1S/C26H23FN2O2/c1-16(2)18-9-13-22(14-10-18)29-25(30)23(19-7-11-20(27)12-8-19)24(26(29)31)28-21-6-4-5-17(3)15-21/h4-16,28H,1-3H3. The van der Waals surface area contributed by atoms with Crippen LogP contribution >= 0.6 is 0 Å². The third-order valence-corrected chi connectivity index (χ3v) is 5.32. The van der Waals surface area contributed by atoms with Gasteiger partial charge in [0.15, 0.2) is 0 Å². The molecule has 156 valence electrons. The lowest BCUT2D eigenvalue weighted by molar-refractivity contribution is -0.120. The predicted octanol–water partition coefficient (Wildman–Crippen LogP) is 5.65. The molecule has 3 aromatic rings. The molecule has 0 bridgehead atoms. The average molecular weight is 414 g/mol. The summed E-state index contributed by atoms with van der Waals surface area (Å²) in [6.45, 7) is 6.11. The molecule has 1 aliphatic heterocycles. The van der Waals surface area contributed by atoms with Gasteiger partial charge in [0.2, 0.25) is 0 Å². The molecular formula is C26H23FN2O2. The van der Waals surface area contributed by atoms with Gasteiger partial charge in [-0.2, -0.15) is 0 Å². The van der Waals surface area contributed by atoms with Crippen LogP contribution in [0.1, 0.15) is 36.5 Å². The number of hydrogen-bond donors (Lipinski definition) is 1. The molecule has 0 radical (unpaired) electrons. The van der Waals surface area contributed by atoms with Crippen LogP contribution < -0.4 is 10.2 Å². The van der Waals surface area contributed by atoms with E-state index in [9.17, 15) is 14.0 Å². The zero-order valence-electron chi connectivity index (χ0n) is 17.6. The summed E-state index contributed by atoms with van der Waals surface area (Å²) in [7, 11) is 0. The largest absolute Gasteiger partial charge is 0.350 e. The van der Waals surface area contributed by atoms with E-state index in [1.165, 1.54) is 29.2 Å². The first-order chi connectivity index (χ1) is 14.8. The molecule has 1 heterocycles. The highest BCUT2D eigenvalue weighted by Gasteiger charge is 2.40. The summed E-state index contributed by atoms with van der Waals surface area (Å²) in [5.41, 5.74) is 4.22. The van der Waals surface area contributed by atoms with Crippen LogP contribution in [0.2, 0.25) is 0 Å². The van der Waals surface area contributed by atoms with Crippen molar-refractivity contribution in [2.75, 3.05) is 10.2 Å². The van der Waals surface area contributed by atoms with Gasteiger partial charge in [-0.1, -0.05) is 50.2 Å². The maximum Gasteiger partial charge on any atom is 0.282 e. The van der Waals surface area contributed by atoms with E-state index in [1.54, 1.807) is 12.1 Å². The molecule has 0 aliphatic carbocycles. The fourth-order valence-electron chi connectivity index (χ4n) is 3.64. The highest BCUT2D eigenvalue weighted by Crippen LogP contribution is 2.34. The van der Waals surface area contributed by atoms with Crippen LogP contribution in [0, 0.1) is 12.7 Å². The molecule has 1 aliphatic rings. The van der Waals surface area contributed by atoms with Crippen LogP contribution in [0.3, 0.4) is 0 Å². The number of imide groups is 1. The van der Waals surface area contributed by atoms with Crippen LogP contribution in [0.15, 0.2) is 78.5 Å². The number of aryl methyl sites for hydroxylation is 1. The summed E-state index contributed by atoms with van der Waals surface area (Å²) < 4.78 is 13.5. The number of anilines is 2. The molecular weight excluding hydrogens is 391 g/mol. The topological polar surface area (TPSA) is 49.4 Å². The molecule has 1 N–H and O–H groups in total. The molecule has 0 atom stereocenters. The van der Waals surface area contributed by atoms with E-state index in [0.29, 0.717) is 22.9 Å². The number of halogens is 1. The molecule has 3 aromatic carbocycles. The summed E-state index contributed by atoms with van der Waals surface area (Å²) in [5, 5.41) is 3.13. The van der Waals surface area contributed by atoms with Gasteiger partial charge in [0.05, 0.1) is 11.3 Å². The van der Waals surface area contributed by atoms with Crippen molar-refractivity contribution in [3.8, 4) is 0 Å². The third kappa shape index (κ3) is 3.99. The normalized spacial score (nSPS) is 14.0. The van der Waals surface area contributed by atoms with Crippen LogP contribution in [0.5, 0.6) is 0 Å². The van der Waals surface area contributed by atoms with Crippen molar-refractivity contribution in [3.05, 3.63) is 101 Å². The molecule has 4 nitrogen and oxygen atoms in total. The molecule has 31 heavy (non-hydrogen) atoms. The molecule has 0 fully saturated rings. The van der Waals surface area contributed by atoms with Gasteiger partial charge in [-0.25, -0.2) is 9.29 Å². The Morgan fingerprint density at radius 3 is 2.16 bits per heavy atom. The SMILES string of the molecule is Cc1cccc(NC2=C(c3ccc(F)cc3)C(=O)N(c3ccc(C(C)C)cc3)C2=O)c1. The monoisotopic (exact) mass is 414 g/mol. The Labute approximate surface area is 181 Å². The summed E-state index contributed by atoms with van der Waals surface area (Å²) in [5.74, 6) is -0.951. The van der Waals surface area contributed by atoms with Gasteiger partial charge in [0.1, 0.15) is 11.5 Å². The first kappa shape index (κ1) is 20.5. The van der Waals surface area contributed by atoms with E-state index >= 15 is 0 Å². The smallest absolute Gasteiger partial charge is 0.282 e. The molecule has 0 saturated carbocycles. The minimum absolute atomic E-state index is 0.176. The van der Waals surface area contributed by atoms with Gasteiger partial charge >= 0.3 is 0 Å². The highest BCUT2D eigenvalue weighted by molar-refractivity contribution is 6.46. The van der Waals surface area contributed by atoms with Gasteiger partial charge in [-0.05, 0) is 65.9 Å². The van der Waals surface area contributed by atoms with E-state index < -0.39 is 17.6 Å². The maximum atomic E-state index is 13.5. The zero-order valence-corrected chi connectivity index (χ0v) is 17.6. The van der Waals surface area contributed by atoms with E-state index in [-0.39, 0.29) is 11.3 Å². The summed E-state index contributed by atoms with van der Waals surface area (Å²) >= 11 is 0. The van der Waals surface area contributed by atoms with E-state index in [0.717, 1.165) is 11.1 Å². The van der Waals surface area contributed by atoms with Gasteiger partial charge in [0, 0.05) is 5.69 Å². The number of carbonyl (C=O) groups is 2. The fraction of sp³-hybridized carbons (Fsp3) is 0.154. The van der Waals surface area contributed by atoms with Crippen LogP contribution in [-0.4, -0.2) is 11.8 Å². The first-order valence-corrected chi connectivity index (χ1v) is 10.2. The number of hydrogen-bond acceptors (Lipinski definition) is 3. The van der Waals surface area contributed by atoms with Gasteiger partial charge < -0.3 is 5.32 Å². The van der Waals surface area contributed by atoms with Crippen molar-refractivity contribution in [3.63, 3.8) is 0 Å². The molecule has 5 heteroatoms. The molecule has 0 unspecified atom stereocenters. The summed E-state index contributed by atoms with van der Waals surface area (Å²) in [6.07, 6.45) is 0. The average Bonchev–Trinajstić information content (AvgIpc) is 2.98. The quantitative estimate of drug-likeness (QED) is 0.549. The summed E-state index contributed by atoms with van der Waals surface area (Å²) in [6, 6.07) is 20.5. The Bertz CT molecular complexity index is 1180. The zero-order chi connectivity index (χ0) is 22.1. The first-order valence-electron chi connectivity index (χ1n) is 10.2. The number of benzene rings is 3. The van der Waals surface area contributed by atoms with E-state index in [1.807, 2.05) is 43.3 Å². The molecule has 0 aromatic heterocycles. The number of rotatable bonds is 5. The minimum atomic E-state index is -0.442. The Balaban J connectivity index is 1.78. The predicted molar refractivity (Wildman–Crippen MR) is 121 cm³/mol. The number of amides is 2. The van der Waals surface area contributed by atoms with Crippen molar-refractivity contribution >= 4 is 28.8 Å². The third-order valence-electron chi connectivity index (χ3n) is 5.32. The van der Waals surface area contributed by atoms with E-state index in [4.69, 9.17) is 0 Å². The molecule has 0 saturated heterocycles. The van der Waals surface area contributed by atoms with Crippen molar-refractivity contribution < 1.29 is 14.0 Å². The molecule has 2 amide bonds. The van der Waals surface area contributed by atoms with Crippen molar-refractivity contribution in [2.24, 2.45) is 0 Å². The van der Waals surface area contributed by atoms with Gasteiger partial charge in [-0.3, -0.25) is 9.59 Å². The Morgan fingerprint density at radius 2 is 1.55 bits per heavy atom. The second-order valence-corrected chi connectivity index (χ2v) is 7.94. The molecule has 4 rings (SSSR count). The maximum absolute atomic E-state index is 13.5. The van der Waals surface area contributed by atoms with E-state index in [2.05, 4.69) is 19.2 Å². The van der Waals surface area contributed by atoms with Gasteiger partial charge in [0.25, 0.3) is 11.8 Å². The number of carbonyl (C=O) groups excluding carboxylic acids is 2. The van der Waals surface area contributed by atoms with Crippen LogP contribution in [-0.2, 0) is 9.59 Å². The van der Waals surface area contributed by atoms with Gasteiger partial charge in [-0.15, -0.1) is 0 Å². The lowest BCUT2D eigenvalue weighted by Gasteiger charge is -2.16.